The van der Waals surface area contributed by atoms with Crippen LogP contribution in [0.2, 0.25) is 0 Å². The maximum Gasteiger partial charge on any atom is 0.344 e. The summed E-state index contributed by atoms with van der Waals surface area (Å²) in [5.74, 6) is -2.07. The summed E-state index contributed by atoms with van der Waals surface area (Å²) in [4.78, 5) is 41.8. The number of hydrogen-bond acceptors (Lipinski definition) is 8. The van der Waals surface area contributed by atoms with E-state index in [2.05, 4.69) is 15.9 Å². The summed E-state index contributed by atoms with van der Waals surface area (Å²) in [5.41, 5.74) is -3.02. The van der Waals surface area contributed by atoms with E-state index in [4.69, 9.17) is 4.74 Å². The van der Waals surface area contributed by atoms with Gasteiger partial charge < -0.3 is 4.74 Å². The number of carbonyl (C=O) groups is 1. The number of nitrogens with zero attached hydrogens (tertiary/aromatic N) is 3. The van der Waals surface area contributed by atoms with Crippen LogP contribution in [0.15, 0.2) is 40.9 Å². The first-order valence-electron chi connectivity index (χ1n) is 6.29. The van der Waals surface area contributed by atoms with Crippen molar-refractivity contribution in [3.05, 3.63) is 76.8 Å². The summed E-state index contributed by atoms with van der Waals surface area (Å²) in [6.45, 7) is 0. The van der Waals surface area contributed by atoms with E-state index in [0.717, 1.165) is 0 Å². The number of ether oxygens (including phenoxy) is 1. The van der Waals surface area contributed by atoms with Crippen molar-refractivity contribution in [3.8, 4) is 5.75 Å². The largest absolute Gasteiger partial charge is 0.408 e. The minimum Gasteiger partial charge on any atom is -0.408 e. The highest BCUT2D eigenvalue weighted by Gasteiger charge is 2.33. The summed E-state index contributed by atoms with van der Waals surface area (Å²) in [6, 6.07) is 6.61. The van der Waals surface area contributed by atoms with Crippen LogP contribution in [0.3, 0.4) is 0 Å². The zero-order valence-electron chi connectivity index (χ0n) is 11.9. The molecule has 0 bridgehead atoms. The van der Waals surface area contributed by atoms with Crippen molar-refractivity contribution >= 4 is 39.0 Å². The van der Waals surface area contributed by atoms with Crippen LogP contribution in [0, 0.1) is 30.3 Å². The van der Waals surface area contributed by atoms with Gasteiger partial charge in [-0.1, -0.05) is 15.9 Å². The van der Waals surface area contributed by atoms with Crippen molar-refractivity contribution in [1.29, 1.82) is 0 Å². The topological polar surface area (TPSA) is 156 Å². The Balaban J connectivity index is 2.56. The third-order valence-corrected chi connectivity index (χ3v) is 3.44. The number of halogens is 1. The molecule has 0 atom stereocenters. The lowest BCUT2D eigenvalue weighted by molar-refractivity contribution is -0.404. The minimum atomic E-state index is -1.11. The maximum absolute atomic E-state index is 12.1. The van der Waals surface area contributed by atoms with Gasteiger partial charge in [-0.25, -0.2) is 4.79 Å². The fourth-order valence-corrected chi connectivity index (χ4v) is 2.07. The Kier molecular flexibility index (Phi) is 5.02. The first kappa shape index (κ1) is 17.9. The molecule has 0 aliphatic rings. The van der Waals surface area contributed by atoms with Crippen LogP contribution < -0.4 is 4.74 Å². The quantitative estimate of drug-likeness (QED) is 0.313. The Morgan fingerprint density at radius 1 is 0.880 bits per heavy atom. The lowest BCUT2D eigenvalue weighted by atomic mass is 10.2. The van der Waals surface area contributed by atoms with Crippen LogP contribution in [0.25, 0.3) is 0 Å². The fraction of sp³-hybridized carbons (Fsp3) is 0. The van der Waals surface area contributed by atoms with Gasteiger partial charge in [-0.3, -0.25) is 30.3 Å². The van der Waals surface area contributed by atoms with Crippen LogP contribution in [0.4, 0.5) is 17.1 Å². The van der Waals surface area contributed by atoms with Crippen LogP contribution in [0.5, 0.6) is 5.75 Å². The van der Waals surface area contributed by atoms with E-state index in [1.807, 2.05) is 0 Å². The van der Waals surface area contributed by atoms with E-state index in [-0.39, 0.29) is 5.56 Å². The molecule has 0 unspecified atom stereocenters. The number of carbonyl (C=O) groups excluding carboxylic acids is 1. The average molecular weight is 412 g/mol. The summed E-state index contributed by atoms with van der Waals surface area (Å²) in [5, 5.41) is 33.0. The Bertz CT molecular complexity index is 862. The van der Waals surface area contributed by atoms with Gasteiger partial charge >= 0.3 is 17.3 Å². The van der Waals surface area contributed by atoms with Gasteiger partial charge in [0.15, 0.2) is 0 Å². The molecule has 2 aromatic carbocycles. The van der Waals surface area contributed by atoms with Crippen LogP contribution in [-0.4, -0.2) is 20.7 Å². The van der Waals surface area contributed by atoms with Gasteiger partial charge in [0.2, 0.25) is 0 Å². The first-order valence-corrected chi connectivity index (χ1v) is 7.09. The molecule has 0 fully saturated rings. The Labute approximate surface area is 146 Å². The molecule has 0 amide bonds. The number of hydrogen-bond donors (Lipinski definition) is 0. The Morgan fingerprint density at radius 2 is 1.36 bits per heavy atom. The predicted molar refractivity (Wildman–Crippen MR) is 85.5 cm³/mol. The van der Waals surface area contributed by atoms with Crippen LogP contribution >= 0.6 is 15.9 Å². The first-order chi connectivity index (χ1) is 11.7. The van der Waals surface area contributed by atoms with Gasteiger partial charge in [0.05, 0.1) is 32.5 Å². The van der Waals surface area contributed by atoms with E-state index >= 15 is 0 Å². The van der Waals surface area contributed by atoms with Crippen molar-refractivity contribution in [2.45, 2.75) is 0 Å². The van der Waals surface area contributed by atoms with Gasteiger partial charge in [-0.2, -0.15) is 0 Å². The van der Waals surface area contributed by atoms with E-state index in [9.17, 15) is 35.1 Å². The number of rotatable bonds is 5. The molecule has 128 valence electrons. The highest BCUT2D eigenvalue weighted by atomic mass is 79.9. The molecule has 0 radical (unpaired) electrons. The summed E-state index contributed by atoms with van der Waals surface area (Å²) >= 11 is 3.15. The van der Waals surface area contributed by atoms with Gasteiger partial charge in [0.25, 0.3) is 11.4 Å². The van der Waals surface area contributed by atoms with Crippen molar-refractivity contribution in [1.82, 2.24) is 0 Å². The lowest BCUT2D eigenvalue weighted by Crippen LogP contribution is -2.11. The molecule has 12 heteroatoms. The smallest absolute Gasteiger partial charge is 0.344 e. The molecule has 0 aliphatic heterocycles. The summed E-state index contributed by atoms with van der Waals surface area (Å²) in [6.07, 6.45) is 0. The van der Waals surface area contributed by atoms with E-state index in [0.29, 0.717) is 16.6 Å². The SMILES string of the molecule is O=C(Oc1c([N+](=O)[O-])cc([N+](=O)[O-])cc1[N+](=O)[O-])c1ccc(Br)cc1. The van der Waals surface area contributed by atoms with E-state index in [1.165, 1.54) is 24.3 Å². The molecular weight excluding hydrogens is 406 g/mol. The van der Waals surface area contributed by atoms with Crippen LogP contribution in [0.1, 0.15) is 10.4 Å². The molecule has 2 aromatic rings. The van der Waals surface area contributed by atoms with Gasteiger partial charge in [-0.15, -0.1) is 0 Å². The average Bonchev–Trinajstić information content (AvgIpc) is 2.54. The molecule has 0 spiro atoms. The summed E-state index contributed by atoms with van der Waals surface area (Å²) < 4.78 is 5.45. The van der Waals surface area contributed by atoms with E-state index < -0.39 is 43.6 Å². The zero-order valence-corrected chi connectivity index (χ0v) is 13.5. The number of esters is 1. The number of nitro groups is 3. The highest BCUT2D eigenvalue weighted by molar-refractivity contribution is 9.10. The van der Waals surface area contributed by atoms with Crippen molar-refractivity contribution in [2.75, 3.05) is 0 Å². The predicted octanol–water partition coefficient (Wildman–Crippen LogP) is 3.39. The normalized spacial score (nSPS) is 10.1. The second kappa shape index (κ2) is 7.00. The summed E-state index contributed by atoms with van der Waals surface area (Å²) in [7, 11) is 0. The van der Waals surface area contributed by atoms with Crippen molar-refractivity contribution in [2.24, 2.45) is 0 Å². The molecule has 0 N–H and O–H groups in total. The third-order valence-electron chi connectivity index (χ3n) is 2.91. The monoisotopic (exact) mass is 411 g/mol. The van der Waals surface area contributed by atoms with Crippen LogP contribution in [-0.2, 0) is 0 Å². The molecule has 0 aliphatic carbocycles. The zero-order chi connectivity index (χ0) is 18.7. The molecule has 0 aromatic heterocycles. The standard InChI is InChI=1S/C13H6BrN3O8/c14-8-3-1-7(2-4-8)13(18)25-12-10(16(21)22)5-9(15(19)20)6-11(12)17(23)24/h1-6H. The molecule has 11 nitrogen and oxygen atoms in total. The highest BCUT2D eigenvalue weighted by Crippen LogP contribution is 2.40. The minimum absolute atomic E-state index is 0.0230. The second-order valence-electron chi connectivity index (χ2n) is 4.48. The Morgan fingerprint density at radius 3 is 1.76 bits per heavy atom. The van der Waals surface area contributed by atoms with Crippen molar-refractivity contribution in [3.63, 3.8) is 0 Å². The lowest BCUT2D eigenvalue weighted by Gasteiger charge is -2.06. The maximum atomic E-state index is 12.1. The molecule has 0 saturated heterocycles. The Hall–Kier alpha value is -3.41. The number of non-ortho nitro benzene ring substituents is 1. The molecule has 25 heavy (non-hydrogen) atoms. The molecular formula is C13H6BrN3O8. The van der Waals surface area contributed by atoms with Crippen molar-refractivity contribution < 1.29 is 24.3 Å². The number of benzene rings is 2. The number of nitro benzene ring substituents is 3. The van der Waals surface area contributed by atoms with Gasteiger partial charge in [0, 0.05) is 4.47 Å². The third kappa shape index (κ3) is 3.92. The molecule has 0 saturated carbocycles. The second-order valence-corrected chi connectivity index (χ2v) is 5.40. The fourth-order valence-electron chi connectivity index (χ4n) is 1.80. The molecule has 0 heterocycles. The van der Waals surface area contributed by atoms with E-state index in [1.54, 1.807) is 0 Å². The molecule has 2 rings (SSSR count). The van der Waals surface area contributed by atoms with Gasteiger partial charge in [-0.05, 0) is 24.3 Å². The van der Waals surface area contributed by atoms with Gasteiger partial charge in [0.1, 0.15) is 0 Å².